The van der Waals surface area contributed by atoms with Gasteiger partial charge in [0.05, 0.1) is 19.4 Å². The molecule has 0 spiro atoms. The molecule has 0 fully saturated rings. The second kappa shape index (κ2) is 6.20. The van der Waals surface area contributed by atoms with Crippen LogP contribution in [0.2, 0.25) is 0 Å². The highest BCUT2D eigenvalue weighted by molar-refractivity contribution is 7.12. The van der Waals surface area contributed by atoms with Crippen molar-refractivity contribution in [3.8, 4) is 0 Å². The molecule has 3 aromatic rings. The van der Waals surface area contributed by atoms with Crippen molar-refractivity contribution in [1.29, 1.82) is 0 Å². The van der Waals surface area contributed by atoms with Gasteiger partial charge in [0.15, 0.2) is 11.5 Å². The zero-order valence-corrected chi connectivity index (χ0v) is 14.2. The van der Waals surface area contributed by atoms with E-state index in [1.165, 1.54) is 40.9 Å². The third-order valence-corrected chi connectivity index (χ3v) is 5.44. The highest BCUT2D eigenvalue weighted by Crippen LogP contribution is 2.30. The molecule has 24 heavy (non-hydrogen) atoms. The number of carbonyl (C=O) groups excluding carboxylic acids is 1. The third kappa shape index (κ3) is 2.84. The van der Waals surface area contributed by atoms with Crippen LogP contribution >= 0.6 is 11.3 Å². The first kappa shape index (κ1) is 15.1. The van der Waals surface area contributed by atoms with Crippen LogP contribution in [-0.4, -0.2) is 39.4 Å². The summed E-state index contributed by atoms with van der Waals surface area (Å²) in [5.74, 6) is 0.639. The molecule has 3 heterocycles. The van der Waals surface area contributed by atoms with Crippen molar-refractivity contribution < 1.29 is 4.79 Å². The summed E-state index contributed by atoms with van der Waals surface area (Å²) in [6.45, 7) is 0.823. The highest BCUT2D eigenvalue weighted by Gasteiger charge is 2.16. The van der Waals surface area contributed by atoms with Crippen molar-refractivity contribution in [3.63, 3.8) is 0 Å². The number of H-pyrrole nitrogens is 1. The summed E-state index contributed by atoms with van der Waals surface area (Å²) in [5.41, 5.74) is 2.80. The van der Waals surface area contributed by atoms with Crippen molar-refractivity contribution in [2.24, 2.45) is 0 Å². The lowest BCUT2D eigenvalue weighted by molar-refractivity contribution is -0.119. The van der Waals surface area contributed by atoms with Gasteiger partial charge in [-0.05, 0) is 30.9 Å². The second-order valence-electron chi connectivity index (χ2n) is 5.95. The van der Waals surface area contributed by atoms with Crippen LogP contribution in [0, 0.1) is 0 Å². The SMILES string of the molecule is CN(CC(=O)NCc1cc2c(s1)CCC2)c1ncnc2nc[nH]c12. The molecule has 0 atom stereocenters. The van der Waals surface area contributed by atoms with Crippen molar-refractivity contribution in [2.75, 3.05) is 18.5 Å². The molecule has 0 bridgehead atoms. The zero-order valence-electron chi connectivity index (χ0n) is 13.4. The summed E-state index contributed by atoms with van der Waals surface area (Å²) in [7, 11) is 1.84. The normalized spacial score (nSPS) is 13.2. The van der Waals surface area contributed by atoms with E-state index in [0.29, 0.717) is 18.0 Å². The average Bonchev–Trinajstić information content (AvgIpc) is 3.27. The quantitative estimate of drug-likeness (QED) is 0.736. The number of anilines is 1. The van der Waals surface area contributed by atoms with E-state index in [0.717, 1.165) is 5.52 Å². The molecule has 0 saturated heterocycles. The molecule has 1 aliphatic rings. The van der Waals surface area contributed by atoms with E-state index in [1.54, 1.807) is 11.2 Å². The molecule has 1 aliphatic carbocycles. The summed E-state index contributed by atoms with van der Waals surface area (Å²) in [4.78, 5) is 32.2. The first-order valence-corrected chi connectivity index (χ1v) is 8.75. The summed E-state index contributed by atoms with van der Waals surface area (Å²) in [5, 5.41) is 2.99. The summed E-state index contributed by atoms with van der Waals surface area (Å²) >= 11 is 1.82. The fourth-order valence-electron chi connectivity index (χ4n) is 3.05. The smallest absolute Gasteiger partial charge is 0.239 e. The fourth-order valence-corrected chi connectivity index (χ4v) is 4.25. The first-order valence-electron chi connectivity index (χ1n) is 7.93. The van der Waals surface area contributed by atoms with Crippen LogP contribution in [-0.2, 0) is 24.2 Å². The minimum absolute atomic E-state index is 0.0302. The second-order valence-corrected chi connectivity index (χ2v) is 7.17. The molecule has 7 nitrogen and oxygen atoms in total. The van der Waals surface area contributed by atoms with E-state index in [-0.39, 0.29) is 12.5 Å². The average molecular weight is 342 g/mol. The Labute approximate surface area is 143 Å². The number of fused-ring (bicyclic) bond motifs is 2. The van der Waals surface area contributed by atoms with Crippen molar-refractivity contribution >= 4 is 34.2 Å². The molecule has 1 amide bonds. The number of hydrogen-bond acceptors (Lipinski definition) is 6. The van der Waals surface area contributed by atoms with Gasteiger partial charge in [-0.25, -0.2) is 15.0 Å². The van der Waals surface area contributed by atoms with E-state index >= 15 is 0 Å². The Morgan fingerprint density at radius 3 is 3.17 bits per heavy atom. The lowest BCUT2D eigenvalue weighted by atomic mass is 10.2. The van der Waals surface area contributed by atoms with E-state index in [4.69, 9.17) is 0 Å². The number of carbonyl (C=O) groups is 1. The Balaban J connectivity index is 1.37. The van der Waals surface area contributed by atoms with Gasteiger partial charge in [-0.15, -0.1) is 11.3 Å². The number of amides is 1. The van der Waals surface area contributed by atoms with E-state index in [9.17, 15) is 4.79 Å². The minimum atomic E-state index is -0.0302. The predicted octanol–water partition coefficient (Wildman–Crippen LogP) is 1.66. The lowest BCUT2D eigenvalue weighted by Gasteiger charge is -2.17. The van der Waals surface area contributed by atoms with Crippen LogP contribution in [0.5, 0.6) is 0 Å². The van der Waals surface area contributed by atoms with Crippen molar-refractivity contribution in [2.45, 2.75) is 25.8 Å². The number of nitrogens with one attached hydrogen (secondary N) is 2. The number of thiophene rings is 1. The molecule has 8 heteroatoms. The van der Waals surface area contributed by atoms with Gasteiger partial charge < -0.3 is 15.2 Å². The molecular formula is C16H18N6OS. The Kier molecular flexibility index (Phi) is 3.89. The number of aromatic amines is 1. The number of imidazole rings is 1. The van der Waals surface area contributed by atoms with Gasteiger partial charge in [0.25, 0.3) is 0 Å². The molecule has 0 radical (unpaired) electrons. The van der Waals surface area contributed by atoms with Gasteiger partial charge in [-0.2, -0.15) is 0 Å². The minimum Gasteiger partial charge on any atom is -0.350 e. The predicted molar refractivity (Wildman–Crippen MR) is 93.1 cm³/mol. The zero-order chi connectivity index (χ0) is 16.5. The molecule has 0 unspecified atom stereocenters. The lowest BCUT2D eigenvalue weighted by Crippen LogP contribution is -2.35. The Morgan fingerprint density at radius 1 is 1.38 bits per heavy atom. The largest absolute Gasteiger partial charge is 0.350 e. The van der Waals surface area contributed by atoms with Gasteiger partial charge in [0.1, 0.15) is 11.8 Å². The number of rotatable bonds is 5. The molecule has 3 aromatic heterocycles. The van der Waals surface area contributed by atoms with Crippen LogP contribution in [0.15, 0.2) is 18.7 Å². The highest BCUT2D eigenvalue weighted by atomic mass is 32.1. The molecule has 2 N–H and O–H groups in total. The first-order chi connectivity index (χ1) is 11.7. The molecule has 0 aliphatic heterocycles. The molecular weight excluding hydrogens is 324 g/mol. The van der Waals surface area contributed by atoms with Crippen LogP contribution in [0.4, 0.5) is 5.82 Å². The monoisotopic (exact) mass is 342 g/mol. The Bertz CT molecular complexity index is 864. The van der Waals surface area contributed by atoms with Crippen LogP contribution in [0.3, 0.4) is 0 Å². The fraction of sp³-hybridized carbons (Fsp3) is 0.375. The number of nitrogens with zero attached hydrogens (tertiary/aromatic N) is 4. The van der Waals surface area contributed by atoms with Gasteiger partial charge in [0, 0.05) is 16.8 Å². The summed E-state index contributed by atoms with van der Waals surface area (Å²) in [6.07, 6.45) is 6.66. The van der Waals surface area contributed by atoms with Gasteiger partial charge in [-0.3, -0.25) is 4.79 Å². The number of likely N-dealkylation sites (N-methyl/N-ethyl adjacent to an activating group) is 1. The number of aryl methyl sites for hydroxylation is 2. The molecule has 124 valence electrons. The maximum Gasteiger partial charge on any atom is 0.239 e. The van der Waals surface area contributed by atoms with Crippen LogP contribution in [0.1, 0.15) is 21.7 Å². The molecule has 4 rings (SSSR count). The van der Waals surface area contributed by atoms with E-state index < -0.39 is 0 Å². The Morgan fingerprint density at radius 2 is 2.29 bits per heavy atom. The number of hydrogen-bond donors (Lipinski definition) is 2. The summed E-state index contributed by atoms with van der Waals surface area (Å²) in [6, 6.07) is 2.23. The molecule has 0 saturated carbocycles. The van der Waals surface area contributed by atoms with Crippen LogP contribution in [0.25, 0.3) is 11.2 Å². The van der Waals surface area contributed by atoms with Gasteiger partial charge >= 0.3 is 0 Å². The van der Waals surface area contributed by atoms with Crippen LogP contribution < -0.4 is 10.2 Å². The molecule has 0 aromatic carbocycles. The maximum absolute atomic E-state index is 12.2. The standard InChI is InChI=1S/C16H18N6OS/c1-22(16-14-15(19-8-18-14)20-9-21-16)7-13(23)17-6-11-5-10-3-2-4-12(10)24-11/h5,8-9H,2-4,6-7H2,1H3,(H,17,23)(H,18,19,20,21). The van der Waals surface area contributed by atoms with Crippen molar-refractivity contribution in [3.05, 3.63) is 34.0 Å². The topological polar surface area (TPSA) is 86.8 Å². The van der Waals surface area contributed by atoms with Gasteiger partial charge in [-0.1, -0.05) is 0 Å². The summed E-state index contributed by atoms with van der Waals surface area (Å²) < 4.78 is 0. The Hall–Kier alpha value is -2.48. The van der Waals surface area contributed by atoms with E-state index in [2.05, 4.69) is 31.3 Å². The van der Waals surface area contributed by atoms with Gasteiger partial charge in [0.2, 0.25) is 5.91 Å². The van der Waals surface area contributed by atoms with Crippen molar-refractivity contribution in [1.82, 2.24) is 25.3 Å². The number of aromatic nitrogens is 4. The maximum atomic E-state index is 12.2. The third-order valence-electron chi connectivity index (χ3n) is 4.20. The van der Waals surface area contributed by atoms with E-state index in [1.807, 2.05) is 18.4 Å².